The average Bonchev–Trinajstić information content (AvgIpc) is 2.85. The van der Waals surface area contributed by atoms with E-state index in [2.05, 4.69) is 10.3 Å². The number of carboxylic acid groups (broad SMARTS) is 1. The minimum Gasteiger partial charge on any atom is -0.480 e. The second-order valence-electron chi connectivity index (χ2n) is 3.34. The van der Waals surface area contributed by atoms with Crippen LogP contribution >= 0.6 is 11.8 Å². The predicted molar refractivity (Wildman–Crippen MR) is 57.7 cm³/mol. The van der Waals surface area contributed by atoms with Crippen molar-refractivity contribution in [3.63, 3.8) is 0 Å². The summed E-state index contributed by atoms with van der Waals surface area (Å²) >= 11 is 1.59. The lowest BCUT2D eigenvalue weighted by atomic mass is 10.3. The monoisotopic (exact) mass is 227 g/mol. The molecular weight excluding hydrogens is 214 g/mol. The van der Waals surface area contributed by atoms with Crippen molar-refractivity contribution in [2.75, 3.05) is 5.75 Å². The normalized spacial score (nSPS) is 25.7. The summed E-state index contributed by atoms with van der Waals surface area (Å²) in [6.45, 7) is 2.89. The smallest absolute Gasteiger partial charge is 0.321 e. The molecule has 1 fully saturated rings. The van der Waals surface area contributed by atoms with E-state index in [1.807, 2.05) is 17.7 Å². The van der Waals surface area contributed by atoms with Crippen LogP contribution in [-0.2, 0) is 11.3 Å². The maximum Gasteiger partial charge on any atom is 0.321 e. The molecule has 1 aliphatic rings. The number of aromatic nitrogens is 2. The van der Waals surface area contributed by atoms with Gasteiger partial charge in [0.05, 0.1) is 0 Å². The number of carboxylic acids is 1. The van der Waals surface area contributed by atoms with Crippen LogP contribution in [0.1, 0.15) is 18.1 Å². The van der Waals surface area contributed by atoms with Crippen LogP contribution in [0, 0.1) is 0 Å². The van der Waals surface area contributed by atoms with Gasteiger partial charge in [0.1, 0.15) is 17.2 Å². The second kappa shape index (κ2) is 4.24. The maximum absolute atomic E-state index is 10.8. The van der Waals surface area contributed by atoms with Crippen molar-refractivity contribution in [1.82, 2.24) is 14.9 Å². The Morgan fingerprint density at radius 3 is 3.27 bits per heavy atom. The van der Waals surface area contributed by atoms with Gasteiger partial charge < -0.3 is 9.67 Å². The van der Waals surface area contributed by atoms with Crippen molar-refractivity contribution < 1.29 is 9.90 Å². The Kier molecular flexibility index (Phi) is 2.97. The molecule has 1 aromatic rings. The standard InChI is InChI=1S/C9H13N3O2S/c1-2-12-4-3-10-7(12)8-11-6(5-15-8)9(13)14/h3-4,6,8,11H,2,5H2,1H3,(H,13,14)/t6-,8?/m0/s1. The van der Waals surface area contributed by atoms with Crippen molar-refractivity contribution in [2.45, 2.75) is 24.9 Å². The van der Waals surface area contributed by atoms with Gasteiger partial charge in [-0.05, 0) is 6.92 Å². The minimum atomic E-state index is -0.792. The van der Waals surface area contributed by atoms with E-state index in [4.69, 9.17) is 5.11 Å². The van der Waals surface area contributed by atoms with Gasteiger partial charge in [-0.2, -0.15) is 0 Å². The van der Waals surface area contributed by atoms with Crippen molar-refractivity contribution in [1.29, 1.82) is 0 Å². The molecule has 15 heavy (non-hydrogen) atoms. The van der Waals surface area contributed by atoms with E-state index in [1.54, 1.807) is 18.0 Å². The first-order chi connectivity index (χ1) is 7.22. The quantitative estimate of drug-likeness (QED) is 0.795. The summed E-state index contributed by atoms with van der Waals surface area (Å²) in [5.41, 5.74) is 0. The Hall–Kier alpha value is -1.01. The molecule has 0 bridgehead atoms. The Morgan fingerprint density at radius 2 is 2.67 bits per heavy atom. The van der Waals surface area contributed by atoms with E-state index < -0.39 is 12.0 Å². The fraction of sp³-hybridized carbons (Fsp3) is 0.556. The minimum absolute atomic E-state index is 0.000972. The van der Waals surface area contributed by atoms with Gasteiger partial charge in [-0.1, -0.05) is 0 Å². The number of nitrogens with one attached hydrogen (secondary N) is 1. The lowest BCUT2D eigenvalue weighted by molar-refractivity contribution is -0.138. The number of hydrogen-bond donors (Lipinski definition) is 2. The number of nitrogens with zero attached hydrogens (tertiary/aromatic N) is 2. The summed E-state index contributed by atoms with van der Waals surface area (Å²) in [6, 6.07) is -0.456. The van der Waals surface area contributed by atoms with Gasteiger partial charge >= 0.3 is 5.97 Å². The van der Waals surface area contributed by atoms with E-state index >= 15 is 0 Å². The summed E-state index contributed by atoms with van der Waals surface area (Å²) in [5.74, 6) is 0.710. The molecule has 0 saturated carbocycles. The van der Waals surface area contributed by atoms with Crippen LogP contribution in [0.5, 0.6) is 0 Å². The van der Waals surface area contributed by atoms with Crippen molar-refractivity contribution in [3.8, 4) is 0 Å². The van der Waals surface area contributed by atoms with Crippen LogP contribution in [0.2, 0.25) is 0 Å². The van der Waals surface area contributed by atoms with Crippen LogP contribution in [0.25, 0.3) is 0 Å². The SMILES string of the molecule is CCn1ccnc1C1N[C@H](C(=O)O)CS1. The molecule has 0 aliphatic carbocycles. The second-order valence-corrected chi connectivity index (χ2v) is 4.48. The Bertz CT molecular complexity index is 366. The van der Waals surface area contributed by atoms with Crippen molar-refractivity contribution in [3.05, 3.63) is 18.2 Å². The highest BCUT2D eigenvalue weighted by Crippen LogP contribution is 2.31. The van der Waals surface area contributed by atoms with Gasteiger partial charge in [0, 0.05) is 24.7 Å². The molecule has 1 unspecified atom stereocenters. The molecule has 2 heterocycles. The van der Waals surface area contributed by atoms with Crippen molar-refractivity contribution in [2.24, 2.45) is 0 Å². The number of imidazole rings is 1. The van der Waals surface area contributed by atoms with Crippen LogP contribution in [0.3, 0.4) is 0 Å². The first-order valence-corrected chi connectivity index (χ1v) is 5.88. The Balaban J connectivity index is 2.10. The third-order valence-electron chi connectivity index (χ3n) is 2.40. The zero-order valence-electron chi connectivity index (χ0n) is 8.38. The van der Waals surface area contributed by atoms with E-state index in [0.717, 1.165) is 12.4 Å². The highest BCUT2D eigenvalue weighted by Gasteiger charge is 2.32. The third-order valence-corrected chi connectivity index (χ3v) is 3.61. The van der Waals surface area contributed by atoms with Crippen molar-refractivity contribution >= 4 is 17.7 Å². The molecule has 5 nitrogen and oxygen atoms in total. The predicted octanol–water partition coefficient (Wildman–Crippen LogP) is 0.691. The molecule has 82 valence electrons. The summed E-state index contributed by atoms with van der Waals surface area (Å²) in [6.07, 6.45) is 3.65. The summed E-state index contributed by atoms with van der Waals surface area (Å²) in [4.78, 5) is 15.0. The zero-order valence-corrected chi connectivity index (χ0v) is 9.20. The van der Waals surface area contributed by atoms with Crippen LogP contribution in [0.15, 0.2) is 12.4 Å². The average molecular weight is 227 g/mol. The molecule has 1 saturated heterocycles. The highest BCUT2D eigenvalue weighted by molar-refractivity contribution is 7.99. The summed E-state index contributed by atoms with van der Waals surface area (Å²) in [5, 5.41) is 11.9. The van der Waals surface area contributed by atoms with E-state index in [1.165, 1.54) is 0 Å². The molecule has 0 amide bonds. The molecule has 0 radical (unpaired) electrons. The van der Waals surface area contributed by atoms with E-state index in [9.17, 15) is 4.79 Å². The summed E-state index contributed by atoms with van der Waals surface area (Å²) < 4.78 is 2.02. The number of thioether (sulfide) groups is 1. The lowest BCUT2D eigenvalue weighted by Gasteiger charge is -2.11. The lowest BCUT2D eigenvalue weighted by Crippen LogP contribution is -2.34. The molecular formula is C9H13N3O2S. The Labute approximate surface area is 91.9 Å². The van der Waals surface area contributed by atoms with Gasteiger partial charge in [-0.3, -0.25) is 10.1 Å². The number of aliphatic carboxylic acids is 1. The molecule has 1 aliphatic heterocycles. The number of carbonyl (C=O) groups is 1. The van der Waals surface area contributed by atoms with Gasteiger partial charge in [-0.25, -0.2) is 4.98 Å². The molecule has 0 aromatic carbocycles. The summed E-state index contributed by atoms with van der Waals surface area (Å²) in [7, 11) is 0. The topological polar surface area (TPSA) is 67.2 Å². The fourth-order valence-electron chi connectivity index (χ4n) is 1.59. The molecule has 0 spiro atoms. The zero-order chi connectivity index (χ0) is 10.8. The van der Waals surface area contributed by atoms with Crippen LogP contribution in [0.4, 0.5) is 0 Å². The van der Waals surface area contributed by atoms with Gasteiger partial charge in [0.2, 0.25) is 0 Å². The molecule has 2 atom stereocenters. The number of hydrogen-bond acceptors (Lipinski definition) is 4. The first-order valence-electron chi connectivity index (χ1n) is 4.84. The number of rotatable bonds is 3. The van der Waals surface area contributed by atoms with Gasteiger partial charge in [0.15, 0.2) is 0 Å². The largest absolute Gasteiger partial charge is 0.480 e. The fourth-order valence-corrected chi connectivity index (χ4v) is 2.82. The Morgan fingerprint density at radius 1 is 1.87 bits per heavy atom. The van der Waals surface area contributed by atoms with E-state index in [-0.39, 0.29) is 5.37 Å². The van der Waals surface area contributed by atoms with Gasteiger partial charge in [-0.15, -0.1) is 11.8 Å². The first kappa shape index (κ1) is 10.5. The van der Waals surface area contributed by atoms with Crippen LogP contribution < -0.4 is 5.32 Å². The third kappa shape index (κ3) is 2.00. The molecule has 1 aromatic heterocycles. The molecule has 6 heteroatoms. The molecule has 2 N–H and O–H groups in total. The van der Waals surface area contributed by atoms with E-state index in [0.29, 0.717) is 5.75 Å². The highest BCUT2D eigenvalue weighted by atomic mass is 32.2. The molecule has 2 rings (SSSR count). The number of aryl methyl sites for hydroxylation is 1. The van der Waals surface area contributed by atoms with Gasteiger partial charge in [0.25, 0.3) is 0 Å². The van der Waals surface area contributed by atoms with Crippen LogP contribution in [-0.4, -0.2) is 32.4 Å². The maximum atomic E-state index is 10.8.